The first-order valence-electron chi connectivity index (χ1n) is 26.0. The predicted octanol–water partition coefficient (Wildman–Crippen LogP) is 16.8. The van der Waals surface area contributed by atoms with E-state index in [-0.39, 0.29) is 31.1 Å². The third-order valence-corrected chi connectivity index (χ3v) is 11.9. The second-order valence-electron chi connectivity index (χ2n) is 17.8. The van der Waals surface area contributed by atoms with E-state index in [2.05, 4.69) is 20.8 Å². The van der Waals surface area contributed by atoms with Gasteiger partial charge in [-0.3, -0.25) is 14.4 Å². The quantitative estimate of drug-likeness (QED) is 0.0346. The summed E-state index contributed by atoms with van der Waals surface area (Å²) < 4.78 is 16.8. The molecule has 0 amide bonds. The topological polar surface area (TPSA) is 78.9 Å². The van der Waals surface area contributed by atoms with Crippen LogP contribution in [0.1, 0.15) is 297 Å². The molecule has 0 aromatic rings. The summed E-state index contributed by atoms with van der Waals surface area (Å²) in [5, 5.41) is 0. The van der Waals surface area contributed by atoms with E-state index in [1.54, 1.807) is 0 Å². The Hall–Kier alpha value is -1.59. The largest absolute Gasteiger partial charge is 0.462 e. The van der Waals surface area contributed by atoms with E-state index < -0.39 is 6.10 Å². The number of hydrogen-bond acceptors (Lipinski definition) is 6. The van der Waals surface area contributed by atoms with Crippen LogP contribution >= 0.6 is 0 Å². The average Bonchev–Trinajstić information content (AvgIpc) is 3.22. The Morgan fingerprint density at radius 2 is 0.466 bits per heavy atom. The number of carbonyl (C=O) groups is 3. The van der Waals surface area contributed by atoms with Crippen molar-refractivity contribution < 1.29 is 28.6 Å². The number of ether oxygens (including phenoxy) is 3. The van der Waals surface area contributed by atoms with Crippen molar-refractivity contribution >= 4 is 17.9 Å². The summed E-state index contributed by atoms with van der Waals surface area (Å²) in [6, 6.07) is 0. The van der Waals surface area contributed by atoms with Gasteiger partial charge in [-0.2, -0.15) is 0 Å². The molecule has 0 aromatic heterocycles. The molecule has 344 valence electrons. The maximum Gasteiger partial charge on any atom is 0.306 e. The van der Waals surface area contributed by atoms with Crippen LogP contribution in [0.3, 0.4) is 0 Å². The molecule has 0 spiro atoms. The van der Waals surface area contributed by atoms with E-state index in [0.29, 0.717) is 19.3 Å². The third-order valence-electron chi connectivity index (χ3n) is 11.9. The Balaban J connectivity index is 4.30. The molecule has 6 nitrogen and oxygen atoms in total. The van der Waals surface area contributed by atoms with Crippen molar-refractivity contribution in [3.05, 3.63) is 0 Å². The molecule has 6 heteroatoms. The summed E-state index contributed by atoms with van der Waals surface area (Å²) in [6.45, 7) is 6.68. The smallest absolute Gasteiger partial charge is 0.306 e. The van der Waals surface area contributed by atoms with Gasteiger partial charge in [0.2, 0.25) is 0 Å². The van der Waals surface area contributed by atoms with E-state index >= 15 is 0 Å². The molecule has 0 N–H and O–H groups in total. The van der Waals surface area contributed by atoms with E-state index in [9.17, 15) is 14.4 Å². The summed E-state index contributed by atoms with van der Waals surface area (Å²) in [6.07, 6.45) is 50.8. The van der Waals surface area contributed by atoms with Crippen molar-refractivity contribution in [2.24, 2.45) is 0 Å². The minimum Gasteiger partial charge on any atom is -0.462 e. The molecule has 0 heterocycles. The molecule has 0 rings (SSSR count). The fraction of sp³-hybridized carbons (Fsp3) is 0.942. The molecule has 0 fully saturated rings. The molecular formula is C52H100O6. The summed E-state index contributed by atoms with van der Waals surface area (Å²) >= 11 is 0. The highest BCUT2D eigenvalue weighted by Gasteiger charge is 2.19. The van der Waals surface area contributed by atoms with Gasteiger partial charge in [0, 0.05) is 19.3 Å². The summed E-state index contributed by atoms with van der Waals surface area (Å²) in [7, 11) is 0. The normalized spacial score (nSPS) is 11.8. The fourth-order valence-electron chi connectivity index (χ4n) is 7.92. The van der Waals surface area contributed by atoms with Crippen LogP contribution in [0.5, 0.6) is 0 Å². The highest BCUT2D eigenvalue weighted by molar-refractivity contribution is 5.71. The van der Waals surface area contributed by atoms with Crippen molar-refractivity contribution in [3.8, 4) is 0 Å². The van der Waals surface area contributed by atoms with Crippen LogP contribution in [0.4, 0.5) is 0 Å². The second-order valence-corrected chi connectivity index (χ2v) is 17.8. The van der Waals surface area contributed by atoms with Crippen LogP contribution in [0.2, 0.25) is 0 Å². The Labute approximate surface area is 361 Å². The van der Waals surface area contributed by atoms with E-state index in [0.717, 1.165) is 57.8 Å². The van der Waals surface area contributed by atoms with Gasteiger partial charge in [-0.15, -0.1) is 0 Å². The van der Waals surface area contributed by atoms with Gasteiger partial charge in [0.25, 0.3) is 0 Å². The van der Waals surface area contributed by atoms with Gasteiger partial charge in [0.05, 0.1) is 0 Å². The Kier molecular flexibility index (Phi) is 46.8. The molecule has 0 bridgehead atoms. The number of carbonyl (C=O) groups excluding carboxylic acids is 3. The lowest BCUT2D eigenvalue weighted by Gasteiger charge is -2.18. The lowest BCUT2D eigenvalue weighted by Crippen LogP contribution is -2.30. The highest BCUT2D eigenvalue weighted by atomic mass is 16.6. The second kappa shape index (κ2) is 48.1. The monoisotopic (exact) mass is 821 g/mol. The van der Waals surface area contributed by atoms with Crippen LogP contribution in [0, 0.1) is 0 Å². The van der Waals surface area contributed by atoms with Crippen LogP contribution < -0.4 is 0 Å². The van der Waals surface area contributed by atoms with Crippen LogP contribution in [-0.4, -0.2) is 37.2 Å². The van der Waals surface area contributed by atoms with Crippen molar-refractivity contribution in [2.75, 3.05) is 13.2 Å². The first-order valence-corrected chi connectivity index (χ1v) is 26.0. The van der Waals surface area contributed by atoms with Gasteiger partial charge in [-0.1, -0.05) is 258 Å². The first-order chi connectivity index (χ1) is 28.5. The van der Waals surface area contributed by atoms with Gasteiger partial charge in [0.1, 0.15) is 13.2 Å². The zero-order chi connectivity index (χ0) is 42.3. The first kappa shape index (κ1) is 56.4. The summed E-state index contributed by atoms with van der Waals surface area (Å²) in [4.78, 5) is 37.9. The van der Waals surface area contributed by atoms with E-state index in [4.69, 9.17) is 14.2 Å². The van der Waals surface area contributed by atoms with Crippen molar-refractivity contribution in [1.29, 1.82) is 0 Å². The predicted molar refractivity (Wildman–Crippen MR) is 247 cm³/mol. The van der Waals surface area contributed by atoms with Crippen molar-refractivity contribution in [1.82, 2.24) is 0 Å². The van der Waals surface area contributed by atoms with Crippen molar-refractivity contribution in [2.45, 2.75) is 303 Å². The molecule has 0 aliphatic heterocycles. The van der Waals surface area contributed by atoms with E-state index in [1.165, 1.54) is 199 Å². The standard InChI is InChI=1S/C52H100O6/c1-4-7-10-13-16-19-22-25-26-28-31-34-37-40-43-46-52(55)58-49(47-56-50(53)44-41-38-35-32-29-24-21-18-15-12-9-6-3)48-57-51(54)45-42-39-36-33-30-27-23-20-17-14-11-8-5-2/h49H,4-48H2,1-3H3/t49-/m1/s1. The van der Waals surface area contributed by atoms with Gasteiger partial charge < -0.3 is 14.2 Å². The van der Waals surface area contributed by atoms with Gasteiger partial charge >= 0.3 is 17.9 Å². The third kappa shape index (κ3) is 45.5. The lowest BCUT2D eigenvalue weighted by atomic mass is 10.0. The molecule has 0 aliphatic rings. The zero-order valence-electron chi connectivity index (χ0n) is 39.3. The Morgan fingerprint density at radius 1 is 0.276 bits per heavy atom. The average molecular weight is 821 g/mol. The van der Waals surface area contributed by atoms with E-state index in [1.807, 2.05) is 0 Å². The molecule has 0 unspecified atom stereocenters. The molecule has 0 aliphatic carbocycles. The zero-order valence-corrected chi connectivity index (χ0v) is 39.3. The molecule has 0 saturated carbocycles. The maximum atomic E-state index is 12.8. The van der Waals surface area contributed by atoms with Gasteiger partial charge in [-0.25, -0.2) is 0 Å². The van der Waals surface area contributed by atoms with Crippen LogP contribution in [-0.2, 0) is 28.6 Å². The lowest BCUT2D eigenvalue weighted by molar-refractivity contribution is -0.167. The molecular weight excluding hydrogens is 721 g/mol. The summed E-state index contributed by atoms with van der Waals surface area (Å²) in [5.41, 5.74) is 0. The van der Waals surface area contributed by atoms with Crippen LogP contribution in [0.25, 0.3) is 0 Å². The molecule has 58 heavy (non-hydrogen) atoms. The van der Waals surface area contributed by atoms with Gasteiger partial charge in [0.15, 0.2) is 6.10 Å². The van der Waals surface area contributed by atoms with Crippen LogP contribution in [0.15, 0.2) is 0 Å². The molecule has 1 atom stereocenters. The fourth-order valence-corrected chi connectivity index (χ4v) is 7.92. The summed E-state index contributed by atoms with van der Waals surface area (Å²) in [5.74, 6) is -0.840. The SMILES string of the molecule is CCCCCCCCCCCCCCCCCC(=O)O[C@H](COC(=O)CCCCCCCCCCCCCC)COC(=O)CCCCCCCCCCCCCCC. The number of hydrogen-bond donors (Lipinski definition) is 0. The minimum absolute atomic E-state index is 0.0617. The number of rotatable bonds is 48. The van der Waals surface area contributed by atoms with Crippen molar-refractivity contribution in [3.63, 3.8) is 0 Å². The van der Waals surface area contributed by atoms with Gasteiger partial charge in [-0.05, 0) is 19.3 Å². The minimum atomic E-state index is -0.759. The molecule has 0 aromatic carbocycles. The molecule has 0 saturated heterocycles. The Morgan fingerprint density at radius 3 is 0.690 bits per heavy atom. The number of unbranched alkanes of at least 4 members (excludes halogenated alkanes) is 37. The Bertz CT molecular complexity index is 859. The maximum absolute atomic E-state index is 12.8. The highest BCUT2D eigenvalue weighted by Crippen LogP contribution is 2.17. The number of esters is 3. The molecule has 0 radical (unpaired) electrons.